The first kappa shape index (κ1) is 15.0. The number of ether oxygens (including phenoxy) is 1. The van der Waals surface area contributed by atoms with Crippen LogP contribution in [0.2, 0.25) is 0 Å². The van der Waals surface area contributed by atoms with Crippen LogP contribution in [0.25, 0.3) is 0 Å². The van der Waals surface area contributed by atoms with Crippen LogP contribution < -0.4 is 5.32 Å². The van der Waals surface area contributed by atoms with E-state index in [1.54, 1.807) is 6.20 Å². The van der Waals surface area contributed by atoms with Gasteiger partial charge in [0.2, 0.25) is 0 Å². The minimum Gasteiger partial charge on any atom is -0.465 e. The molecule has 0 amide bonds. The molecule has 5 nitrogen and oxygen atoms in total. The summed E-state index contributed by atoms with van der Waals surface area (Å²) in [4.78, 5) is 11.6. The van der Waals surface area contributed by atoms with Gasteiger partial charge in [-0.3, -0.25) is 4.68 Å². The Bertz CT molecular complexity index is 638. The highest BCUT2D eigenvalue weighted by atomic mass is 19.1. The fraction of sp³-hybridized carbons (Fsp3) is 0.333. The number of nitrogens with zero attached hydrogens (tertiary/aromatic N) is 2. The van der Waals surface area contributed by atoms with Crippen LogP contribution in [0.15, 0.2) is 30.6 Å². The number of nitrogens with one attached hydrogen (secondary N) is 1. The van der Waals surface area contributed by atoms with Crippen LogP contribution in [-0.2, 0) is 11.3 Å². The van der Waals surface area contributed by atoms with Crippen molar-refractivity contribution in [3.05, 3.63) is 47.5 Å². The van der Waals surface area contributed by atoms with Crippen molar-refractivity contribution in [1.29, 1.82) is 0 Å². The fourth-order valence-electron chi connectivity index (χ4n) is 1.90. The van der Waals surface area contributed by atoms with Gasteiger partial charge in [0.05, 0.1) is 24.6 Å². The van der Waals surface area contributed by atoms with Gasteiger partial charge in [-0.25, -0.2) is 9.18 Å². The summed E-state index contributed by atoms with van der Waals surface area (Å²) in [6, 6.07) is 4.19. The molecule has 0 aliphatic rings. The van der Waals surface area contributed by atoms with Gasteiger partial charge < -0.3 is 10.1 Å². The van der Waals surface area contributed by atoms with Crippen molar-refractivity contribution in [2.75, 3.05) is 12.4 Å². The van der Waals surface area contributed by atoms with Gasteiger partial charge in [0.25, 0.3) is 0 Å². The van der Waals surface area contributed by atoms with Crippen LogP contribution in [0.5, 0.6) is 0 Å². The lowest BCUT2D eigenvalue weighted by molar-refractivity contribution is 0.0602. The molecule has 6 heteroatoms. The quantitative estimate of drug-likeness (QED) is 0.860. The zero-order valence-corrected chi connectivity index (χ0v) is 12.3. The van der Waals surface area contributed by atoms with Crippen LogP contribution in [-0.4, -0.2) is 22.9 Å². The molecule has 2 aromatic rings. The standard InChI is InChI=1S/C15H18FN3O2/c1-10(2)19-9-11(8-18-19)7-17-14-6-12(16)4-5-13(14)15(20)21-3/h4-6,8-10,17H,7H2,1-3H3. The molecule has 0 saturated carbocycles. The SMILES string of the molecule is COC(=O)c1ccc(F)cc1NCc1cnn(C(C)C)c1. The number of hydrogen-bond acceptors (Lipinski definition) is 4. The molecule has 21 heavy (non-hydrogen) atoms. The lowest BCUT2D eigenvalue weighted by Crippen LogP contribution is -2.08. The van der Waals surface area contributed by atoms with E-state index in [2.05, 4.69) is 15.2 Å². The number of methoxy groups -OCH3 is 1. The second-order valence-corrected chi connectivity index (χ2v) is 4.96. The molecule has 0 bridgehead atoms. The number of hydrogen-bond donors (Lipinski definition) is 1. The third-order valence-electron chi connectivity index (χ3n) is 3.05. The summed E-state index contributed by atoms with van der Waals surface area (Å²) in [6.07, 6.45) is 3.65. The van der Waals surface area contributed by atoms with Crippen LogP contribution in [0.1, 0.15) is 35.8 Å². The van der Waals surface area contributed by atoms with Crippen molar-refractivity contribution in [2.45, 2.75) is 26.4 Å². The van der Waals surface area contributed by atoms with Crippen molar-refractivity contribution in [1.82, 2.24) is 9.78 Å². The number of carbonyl (C=O) groups is 1. The van der Waals surface area contributed by atoms with Gasteiger partial charge in [-0.15, -0.1) is 0 Å². The maximum absolute atomic E-state index is 13.3. The van der Waals surface area contributed by atoms with Crippen molar-refractivity contribution < 1.29 is 13.9 Å². The van der Waals surface area contributed by atoms with Crippen LogP contribution in [0, 0.1) is 5.82 Å². The average molecular weight is 291 g/mol. The molecule has 0 spiro atoms. The predicted octanol–water partition coefficient (Wildman–Crippen LogP) is 3.00. The van der Waals surface area contributed by atoms with Crippen molar-refractivity contribution >= 4 is 11.7 Å². The smallest absolute Gasteiger partial charge is 0.339 e. The van der Waals surface area contributed by atoms with Crippen molar-refractivity contribution in [3.63, 3.8) is 0 Å². The number of halogens is 1. The second kappa shape index (κ2) is 6.39. The normalized spacial score (nSPS) is 10.7. The zero-order chi connectivity index (χ0) is 15.4. The molecular weight excluding hydrogens is 273 g/mol. The number of rotatable bonds is 5. The lowest BCUT2D eigenvalue weighted by atomic mass is 10.1. The van der Waals surface area contributed by atoms with E-state index >= 15 is 0 Å². The third kappa shape index (κ3) is 3.59. The molecule has 0 aliphatic carbocycles. The molecule has 1 aromatic carbocycles. The van der Waals surface area contributed by atoms with Gasteiger partial charge in [-0.1, -0.05) is 0 Å². The monoisotopic (exact) mass is 291 g/mol. The third-order valence-corrected chi connectivity index (χ3v) is 3.05. The summed E-state index contributed by atoms with van der Waals surface area (Å²) in [6.45, 7) is 4.51. The highest BCUT2D eigenvalue weighted by Gasteiger charge is 2.13. The molecule has 0 aliphatic heterocycles. The Balaban J connectivity index is 2.14. The molecule has 2 rings (SSSR count). The first-order chi connectivity index (χ1) is 10.0. The molecule has 1 aromatic heterocycles. The molecule has 0 fully saturated rings. The van der Waals surface area contributed by atoms with Gasteiger partial charge in [-0.05, 0) is 32.0 Å². The Hall–Kier alpha value is -2.37. The van der Waals surface area contributed by atoms with Gasteiger partial charge >= 0.3 is 5.97 Å². The second-order valence-electron chi connectivity index (χ2n) is 4.96. The summed E-state index contributed by atoms with van der Waals surface area (Å²) in [5.74, 6) is -0.918. The molecule has 112 valence electrons. The minimum absolute atomic E-state index is 0.276. The van der Waals surface area contributed by atoms with E-state index in [1.807, 2.05) is 24.7 Å². The molecule has 0 unspecified atom stereocenters. The topological polar surface area (TPSA) is 56.1 Å². The number of aromatic nitrogens is 2. The molecule has 1 N–H and O–H groups in total. The van der Waals surface area contributed by atoms with Crippen molar-refractivity contribution in [2.24, 2.45) is 0 Å². The maximum atomic E-state index is 13.3. The Morgan fingerprint density at radius 2 is 2.24 bits per heavy atom. The van der Waals surface area contributed by atoms with Crippen LogP contribution in [0.3, 0.4) is 0 Å². The lowest BCUT2D eigenvalue weighted by Gasteiger charge is -2.10. The summed E-state index contributed by atoms with van der Waals surface area (Å²) in [7, 11) is 1.29. The van der Waals surface area contributed by atoms with E-state index in [4.69, 9.17) is 0 Å². The van der Waals surface area contributed by atoms with E-state index in [-0.39, 0.29) is 6.04 Å². The summed E-state index contributed by atoms with van der Waals surface area (Å²) in [5.41, 5.74) is 1.65. The largest absolute Gasteiger partial charge is 0.465 e. The maximum Gasteiger partial charge on any atom is 0.339 e. The highest BCUT2D eigenvalue weighted by Crippen LogP contribution is 2.19. The molecule has 0 atom stereocenters. The number of esters is 1. The van der Waals surface area contributed by atoms with Gasteiger partial charge in [0, 0.05) is 24.3 Å². The minimum atomic E-state index is -0.504. The highest BCUT2D eigenvalue weighted by molar-refractivity contribution is 5.95. The van der Waals surface area contributed by atoms with Gasteiger partial charge in [0.15, 0.2) is 0 Å². The summed E-state index contributed by atoms with van der Waals surface area (Å²) >= 11 is 0. The van der Waals surface area contributed by atoms with Gasteiger partial charge in [-0.2, -0.15) is 5.10 Å². The molecule has 0 radical (unpaired) electrons. The number of carbonyl (C=O) groups excluding carboxylic acids is 1. The number of benzene rings is 1. The molecular formula is C15H18FN3O2. The Morgan fingerprint density at radius 1 is 1.48 bits per heavy atom. The summed E-state index contributed by atoms with van der Waals surface area (Å²) in [5, 5.41) is 7.27. The number of anilines is 1. The van der Waals surface area contributed by atoms with E-state index in [9.17, 15) is 9.18 Å². The first-order valence-corrected chi connectivity index (χ1v) is 6.66. The summed E-state index contributed by atoms with van der Waals surface area (Å²) < 4.78 is 19.9. The van der Waals surface area contributed by atoms with Gasteiger partial charge in [0.1, 0.15) is 5.82 Å². The zero-order valence-electron chi connectivity index (χ0n) is 12.3. The van der Waals surface area contributed by atoms with E-state index in [1.165, 1.54) is 25.3 Å². The van der Waals surface area contributed by atoms with E-state index in [0.717, 1.165) is 5.56 Å². The Labute approximate surface area is 122 Å². The average Bonchev–Trinajstić information content (AvgIpc) is 2.93. The molecule has 0 saturated heterocycles. The molecule has 1 heterocycles. The van der Waals surface area contributed by atoms with E-state index < -0.39 is 11.8 Å². The predicted molar refractivity (Wildman–Crippen MR) is 77.7 cm³/mol. The van der Waals surface area contributed by atoms with E-state index in [0.29, 0.717) is 17.8 Å². The van der Waals surface area contributed by atoms with Crippen LogP contribution in [0.4, 0.5) is 10.1 Å². The fourth-order valence-corrected chi connectivity index (χ4v) is 1.90. The first-order valence-electron chi connectivity index (χ1n) is 6.66. The Morgan fingerprint density at radius 3 is 2.86 bits per heavy atom. The van der Waals surface area contributed by atoms with Crippen LogP contribution >= 0.6 is 0 Å². The Kier molecular flexibility index (Phi) is 4.57. The van der Waals surface area contributed by atoms with Crippen molar-refractivity contribution in [3.8, 4) is 0 Å².